The zero-order chi connectivity index (χ0) is 13.5. The van der Waals surface area contributed by atoms with Crippen LogP contribution in [0.4, 0.5) is 0 Å². The monoisotopic (exact) mass is 262 g/mol. The van der Waals surface area contributed by atoms with Gasteiger partial charge in [0, 0.05) is 6.42 Å². The maximum absolute atomic E-state index is 10.3. The van der Waals surface area contributed by atoms with Crippen LogP contribution >= 0.6 is 0 Å². The highest BCUT2D eigenvalue weighted by molar-refractivity contribution is 5.74. The molecule has 0 radical (unpaired) electrons. The van der Waals surface area contributed by atoms with Gasteiger partial charge in [-0.25, -0.2) is 0 Å². The van der Waals surface area contributed by atoms with Gasteiger partial charge in [-0.3, -0.25) is 4.79 Å². The van der Waals surface area contributed by atoms with Gasteiger partial charge in [-0.2, -0.15) is 0 Å². The van der Waals surface area contributed by atoms with Gasteiger partial charge in [0.25, 0.3) is 0 Å². The van der Waals surface area contributed by atoms with Crippen molar-refractivity contribution in [2.75, 3.05) is 13.7 Å². The molecule has 0 N–H and O–H groups in total. The van der Waals surface area contributed by atoms with Gasteiger partial charge in [0.1, 0.15) is 6.29 Å². The smallest absolute Gasteiger partial charge is 0.200 e. The Balaban J connectivity index is 2.10. The molecule has 2 rings (SSSR count). The van der Waals surface area contributed by atoms with E-state index in [2.05, 4.69) is 0 Å². The number of carbonyl (C=O) groups is 1. The minimum absolute atomic E-state index is 0.195. The Hall–Kier alpha value is -1.81. The molecule has 1 aliphatic heterocycles. The first kappa shape index (κ1) is 13.6. The third kappa shape index (κ3) is 3.83. The van der Waals surface area contributed by atoms with Gasteiger partial charge in [-0.15, -0.1) is 0 Å². The topological polar surface area (TPSA) is 44.8 Å². The van der Waals surface area contributed by atoms with Crippen molar-refractivity contribution in [1.29, 1.82) is 0 Å². The number of allylic oxidation sites excluding steroid dienone is 1. The number of carbonyl (C=O) groups excluding carboxylic acids is 1. The van der Waals surface area contributed by atoms with Gasteiger partial charge in [-0.1, -0.05) is 12.1 Å². The first-order chi connectivity index (χ1) is 9.33. The minimum atomic E-state index is -0.195. The van der Waals surface area contributed by atoms with Crippen molar-refractivity contribution in [3.8, 4) is 11.5 Å². The van der Waals surface area contributed by atoms with Crippen LogP contribution < -0.4 is 9.47 Å². The molecule has 1 aromatic carbocycles. The molecule has 0 spiro atoms. The van der Waals surface area contributed by atoms with Crippen LogP contribution in [-0.4, -0.2) is 26.3 Å². The summed E-state index contributed by atoms with van der Waals surface area (Å²) in [5.74, 6) is 1.31. The standard InChI is InChI=1S/C15H18O4/c1-17-14-11-12(5-4-9-16)7-8-13(14)19-15-6-2-3-10-18-15/h4-5,7-9,11,15H,2-3,6,10H2,1H3/b5-4+. The maximum Gasteiger partial charge on any atom is 0.200 e. The number of aldehydes is 1. The molecule has 1 aromatic rings. The Bertz CT molecular complexity index is 447. The van der Waals surface area contributed by atoms with E-state index >= 15 is 0 Å². The zero-order valence-corrected chi connectivity index (χ0v) is 11.0. The summed E-state index contributed by atoms with van der Waals surface area (Å²) in [6.07, 6.45) is 6.82. The molecule has 4 heteroatoms. The van der Waals surface area contributed by atoms with E-state index in [4.69, 9.17) is 14.2 Å². The van der Waals surface area contributed by atoms with Gasteiger partial charge in [0.15, 0.2) is 17.8 Å². The zero-order valence-electron chi connectivity index (χ0n) is 11.0. The van der Waals surface area contributed by atoms with Gasteiger partial charge >= 0.3 is 0 Å². The molecule has 1 atom stereocenters. The van der Waals surface area contributed by atoms with Gasteiger partial charge < -0.3 is 14.2 Å². The molecular weight excluding hydrogens is 244 g/mol. The normalized spacial score (nSPS) is 19.3. The summed E-state index contributed by atoms with van der Waals surface area (Å²) in [4.78, 5) is 10.3. The second-order valence-corrected chi connectivity index (χ2v) is 4.32. The maximum atomic E-state index is 10.3. The third-order valence-electron chi connectivity index (χ3n) is 2.95. The highest BCUT2D eigenvalue weighted by Crippen LogP contribution is 2.30. The van der Waals surface area contributed by atoms with Crippen LogP contribution in [0.15, 0.2) is 24.3 Å². The molecule has 19 heavy (non-hydrogen) atoms. The Kier molecular flexibility index (Phi) is 4.98. The number of methoxy groups -OCH3 is 1. The minimum Gasteiger partial charge on any atom is -0.493 e. The lowest BCUT2D eigenvalue weighted by atomic mass is 10.2. The van der Waals surface area contributed by atoms with E-state index in [0.717, 1.165) is 37.7 Å². The molecule has 0 aliphatic carbocycles. The quantitative estimate of drug-likeness (QED) is 0.604. The fourth-order valence-corrected chi connectivity index (χ4v) is 1.98. The van der Waals surface area contributed by atoms with Gasteiger partial charge in [-0.05, 0) is 36.6 Å². The van der Waals surface area contributed by atoms with Crippen LogP contribution in [0.5, 0.6) is 11.5 Å². The van der Waals surface area contributed by atoms with Gasteiger partial charge in [0.2, 0.25) is 0 Å². The summed E-state index contributed by atoms with van der Waals surface area (Å²) < 4.78 is 16.6. The first-order valence-electron chi connectivity index (χ1n) is 6.41. The fraction of sp³-hybridized carbons (Fsp3) is 0.400. The molecule has 1 unspecified atom stereocenters. The second-order valence-electron chi connectivity index (χ2n) is 4.32. The predicted octanol–water partition coefficient (Wildman–Crippen LogP) is 2.81. The van der Waals surface area contributed by atoms with E-state index in [-0.39, 0.29) is 6.29 Å². The average molecular weight is 262 g/mol. The van der Waals surface area contributed by atoms with Crippen LogP contribution in [-0.2, 0) is 9.53 Å². The van der Waals surface area contributed by atoms with Crippen LogP contribution in [0.2, 0.25) is 0 Å². The largest absolute Gasteiger partial charge is 0.493 e. The van der Waals surface area contributed by atoms with Crippen molar-refractivity contribution in [2.24, 2.45) is 0 Å². The van der Waals surface area contributed by atoms with Crippen molar-refractivity contribution in [3.63, 3.8) is 0 Å². The van der Waals surface area contributed by atoms with E-state index in [9.17, 15) is 4.79 Å². The number of rotatable bonds is 5. The fourth-order valence-electron chi connectivity index (χ4n) is 1.98. The SMILES string of the molecule is COc1cc(/C=C/C=O)ccc1OC1CCCCO1. The average Bonchev–Trinajstić information content (AvgIpc) is 2.47. The Morgan fingerprint density at radius 3 is 2.89 bits per heavy atom. The van der Waals surface area contributed by atoms with Crippen molar-refractivity contribution in [2.45, 2.75) is 25.6 Å². The van der Waals surface area contributed by atoms with Crippen LogP contribution in [0, 0.1) is 0 Å². The number of hydrogen-bond donors (Lipinski definition) is 0. The highest BCUT2D eigenvalue weighted by atomic mass is 16.7. The molecule has 0 saturated carbocycles. The van der Waals surface area contributed by atoms with E-state index in [1.165, 1.54) is 6.08 Å². The molecular formula is C15H18O4. The molecule has 0 bridgehead atoms. The number of benzene rings is 1. The summed E-state index contributed by atoms with van der Waals surface area (Å²) in [7, 11) is 1.59. The van der Waals surface area contributed by atoms with Crippen LogP contribution in [0.25, 0.3) is 6.08 Å². The predicted molar refractivity (Wildman–Crippen MR) is 72.3 cm³/mol. The molecule has 1 saturated heterocycles. The Morgan fingerprint density at radius 2 is 2.21 bits per heavy atom. The van der Waals surface area contributed by atoms with E-state index < -0.39 is 0 Å². The van der Waals surface area contributed by atoms with Crippen molar-refractivity contribution in [1.82, 2.24) is 0 Å². The lowest BCUT2D eigenvalue weighted by Gasteiger charge is -2.24. The van der Waals surface area contributed by atoms with Crippen molar-refractivity contribution < 1.29 is 19.0 Å². The van der Waals surface area contributed by atoms with E-state index in [1.807, 2.05) is 18.2 Å². The molecule has 1 aliphatic rings. The summed E-state index contributed by atoms with van der Waals surface area (Å²) >= 11 is 0. The summed E-state index contributed by atoms with van der Waals surface area (Å²) in [6, 6.07) is 5.54. The molecule has 1 fully saturated rings. The molecule has 1 heterocycles. The molecule has 4 nitrogen and oxygen atoms in total. The highest BCUT2D eigenvalue weighted by Gasteiger charge is 2.17. The summed E-state index contributed by atoms with van der Waals surface area (Å²) in [5.41, 5.74) is 0.890. The Morgan fingerprint density at radius 1 is 1.32 bits per heavy atom. The second kappa shape index (κ2) is 6.95. The van der Waals surface area contributed by atoms with Crippen LogP contribution in [0.1, 0.15) is 24.8 Å². The third-order valence-corrected chi connectivity index (χ3v) is 2.95. The van der Waals surface area contributed by atoms with Crippen molar-refractivity contribution in [3.05, 3.63) is 29.8 Å². The molecule has 0 aromatic heterocycles. The van der Waals surface area contributed by atoms with E-state index in [1.54, 1.807) is 13.2 Å². The lowest BCUT2D eigenvalue weighted by molar-refractivity contribution is -0.106. The summed E-state index contributed by atoms with van der Waals surface area (Å²) in [6.45, 7) is 0.743. The lowest BCUT2D eigenvalue weighted by Crippen LogP contribution is -2.25. The summed E-state index contributed by atoms with van der Waals surface area (Å²) in [5, 5.41) is 0. The van der Waals surface area contributed by atoms with Crippen LogP contribution in [0.3, 0.4) is 0 Å². The van der Waals surface area contributed by atoms with E-state index in [0.29, 0.717) is 11.5 Å². The molecule has 102 valence electrons. The Labute approximate surface area is 113 Å². The number of hydrogen-bond acceptors (Lipinski definition) is 4. The van der Waals surface area contributed by atoms with Gasteiger partial charge in [0.05, 0.1) is 13.7 Å². The number of ether oxygens (including phenoxy) is 3. The first-order valence-corrected chi connectivity index (χ1v) is 6.41. The molecule has 0 amide bonds. The van der Waals surface area contributed by atoms with Crippen molar-refractivity contribution >= 4 is 12.4 Å².